The van der Waals surface area contributed by atoms with E-state index in [1.54, 1.807) is 24.3 Å². The van der Waals surface area contributed by atoms with E-state index < -0.39 is 0 Å². The highest BCUT2D eigenvalue weighted by atomic mass is 35.5. The number of amides is 2. The van der Waals surface area contributed by atoms with Crippen molar-refractivity contribution in [1.82, 2.24) is 9.47 Å². The minimum Gasteiger partial charge on any atom is -0.318 e. The average Bonchev–Trinajstić information content (AvgIpc) is 3.13. The number of thioether (sulfide) groups is 1. The van der Waals surface area contributed by atoms with Crippen LogP contribution in [-0.4, -0.2) is 20.6 Å². The van der Waals surface area contributed by atoms with Gasteiger partial charge in [-0.1, -0.05) is 35.3 Å². The van der Waals surface area contributed by atoms with Gasteiger partial charge in [0.05, 0.1) is 11.4 Å². The number of imide groups is 1. The molecule has 0 bridgehead atoms. The molecule has 7 heteroatoms. The molecule has 1 aromatic heterocycles. The molecular weight excluding hydrogens is 463 g/mol. The minimum atomic E-state index is -0.341. The third-order valence-electron chi connectivity index (χ3n) is 5.47. The largest absolute Gasteiger partial charge is 0.318 e. The van der Waals surface area contributed by atoms with Crippen LogP contribution in [-0.2, 0) is 11.3 Å². The summed E-state index contributed by atoms with van der Waals surface area (Å²) in [5, 5.41) is 0.524. The summed E-state index contributed by atoms with van der Waals surface area (Å²) in [6, 6.07) is 13.6. The van der Waals surface area contributed by atoms with Gasteiger partial charge in [0.2, 0.25) is 0 Å². The maximum Gasteiger partial charge on any atom is 0.293 e. The number of carbonyl (C=O) groups excluding carboxylic acids is 2. The number of hydrogen-bond donors (Lipinski definition) is 0. The minimum absolute atomic E-state index is 0.0438. The molecule has 1 saturated heterocycles. The van der Waals surface area contributed by atoms with Gasteiger partial charge in [-0.25, -0.2) is 0 Å². The predicted octanol–water partition coefficient (Wildman–Crippen LogP) is 7.25. The maximum absolute atomic E-state index is 13.0. The summed E-state index contributed by atoms with van der Waals surface area (Å²) in [6.45, 7) is 8.25. The summed E-state index contributed by atoms with van der Waals surface area (Å²) in [5.41, 5.74) is 6.99. The Morgan fingerprint density at radius 1 is 0.938 bits per heavy atom. The zero-order valence-electron chi connectivity index (χ0n) is 18.2. The Balaban J connectivity index is 1.66. The summed E-state index contributed by atoms with van der Waals surface area (Å²) in [7, 11) is 0. The van der Waals surface area contributed by atoms with Crippen LogP contribution < -0.4 is 0 Å². The van der Waals surface area contributed by atoms with Gasteiger partial charge in [-0.3, -0.25) is 14.5 Å². The van der Waals surface area contributed by atoms with Crippen molar-refractivity contribution >= 4 is 52.2 Å². The zero-order chi connectivity index (χ0) is 23.2. The lowest BCUT2D eigenvalue weighted by Crippen LogP contribution is -2.27. The van der Waals surface area contributed by atoms with E-state index in [0.29, 0.717) is 20.5 Å². The zero-order valence-corrected chi connectivity index (χ0v) is 20.5. The molecule has 0 aliphatic carbocycles. The van der Waals surface area contributed by atoms with E-state index >= 15 is 0 Å². The summed E-state index contributed by atoms with van der Waals surface area (Å²) >= 11 is 13.4. The van der Waals surface area contributed by atoms with Crippen LogP contribution in [0.25, 0.3) is 11.8 Å². The molecule has 0 spiro atoms. The lowest BCUT2D eigenvalue weighted by atomic mass is 10.1. The molecule has 1 aliphatic heterocycles. The number of carbonyl (C=O) groups is 2. The molecule has 164 valence electrons. The van der Waals surface area contributed by atoms with Crippen molar-refractivity contribution in [2.75, 3.05) is 0 Å². The van der Waals surface area contributed by atoms with Crippen molar-refractivity contribution in [2.24, 2.45) is 0 Å². The topological polar surface area (TPSA) is 42.3 Å². The lowest BCUT2D eigenvalue weighted by molar-refractivity contribution is -0.123. The molecule has 0 N–H and O–H groups in total. The number of nitrogens with zero attached hydrogens (tertiary/aromatic N) is 2. The highest BCUT2D eigenvalue weighted by molar-refractivity contribution is 8.18. The number of benzene rings is 2. The molecule has 0 unspecified atom stereocenters. The van der Waals surface area contributed by atoms with Crippen LogP contribution >= 0.6 is 35.0 Å². The molecule has 0 saturated carbocycles. The fraction of sp³-hybridized carbons (Fsp3) is 0.200. The SMILES string of the molecule is Cc1cc(C)cc(-n2c(C)cc(/C=C3\SC(=O)N(Cc4c(Cl)cccc4Cl)C3=O)c2C)c1. The summed E-state index contributed by atoms with van der Waals surface area (Å²) in [5.74, 6) is -0.341. The highest BCUT2D eigenvalue weighted by Gasteiger charge is 2.36. The fourth-order valence-electron chi connectivity index (χ4n) is 4.03. The van der Waals surface area contributed by atoms with Gasteiger partial charge in [0.1, 0.15) is 0 Å². The van der Waals surface area contributed by atoms with Crippen molar-refractivity contribution in [3.05, 3.63) is 91.1 Å². The Morgan fingerprint density at radius 3 is 2.19 bits per heavy atom. The monoisotopic (exact) mass is 484 g/mol. The summed E-state index contributed by atoms with van der Waals surface area (Å²) in [4.78, 5) is 27.2. The van der Waals surface area contributed by atoms with Gasteiger partial charge in [-0.05, 0) is 92.6 Å². The highest BCUT2D eigenvalue weighted by Crippen LogP contribution is 2.36. The first-order valence-corrected chi connectivity index (χ1v) is 11.7. The standard InChI is InChI=1S/C25H22Cl2N2O2S/c1-14-8-15(2)10-19(9-14)29-16(3)11-18(17(29)4)12-23-24(30)28(25(31)32-23)13-20-21(26)6-5-7-22(20)27/h5-12H,13H2,1-4H3/b23-12-. The van der Waals surface area contributed by atoms with Crippen LogP contribution in [0.2, 0.25) is 10.0 Å². The van der Waals surface area contributed by atoms with Gasteiger partial charge in [-0.15, -0.1) is 0 Å². The van der Waals surface area contributed by atoms with Crippen LogP contribution in [0.3, 0.4) is 0 Å². The number of rotatable bonds is 4. The molecule has 2 aromatic carbocycles. The molecule has 4 rings (SSSR count). The molecule has 0 radical (unpaired) electrons. The predicted molar refractivity (Wildman–Crippen MR) is 133 cm³/mol. The van der Waals surface area contributed by atoms with Crippen LogP contribution in [0.4, 0.5) is 4.79 Å². The van der Waals surface area contributed by atoms with Gasteiger partial charge in [0, 0.05) is 32.7 Å². The quantitative estimate of drug-likeness (QED) is 0.366. The van der Waals surface area contributed by atoms with Crippen molar-refractivity contribution < 1.29 is 9.59 Å². The molecule has 32 heavy (non-hydrogen) atoms. The van der Waals surface area contributed by atoms with E-state index in [0.717, 1.165) is 34.4 Å². The molecule has 3 aromatic rings. The van der Waals surface area contributed by atoms with Gasteiger partial charge in [0.15, 0.2) is 0 Å². The van der Waals surface area contributed by atoms with Crippen LogP contribution in [0.5, 0.6) is 0 Å². The van der Waals surface area contributed by atoms with E-state index in [-0.39, 0.29) is 17.7 Å². The first-order chi connectivity index (χ1) is 15.2. The van der Waals surface area contributed by atoms with Crippen LogP contribution in [0.1, 0.15) is 33.6 Å². The Morgan fingerprint density at radius 2 is 1.56 bits per heavy atom. The lowest BCUT2D eigenvalue weighted by Gasteiger charge is -2.14. The fourth-order valence-corrected chi connectivity index (χ4v) is 5.38. The Bertz CT molecular complexity index is 1250. The first-order valence-electron chi connectivity index (χ1n) is 10.1. The van der Waals surface area contributed by atoms with Crippen LogP contribution in [0.15, 0.2) is 47.4 Å². The van der Waals surface area contributed by atoms with E-state index in [4.69, 9.17) is 23.2 Å². The molecule has 0 atom stereocenters. The molecule has 1 aliphatic rings. The van der Waals surface area contributed by atoms with Crippen molar-refractivity contribution in [2.45, 2.75) is 34.2 Å². The Kier molecular flexibility index (Phi) is 6.26. The molecule has 2 heterocycles. The molecular formula is C25H22Cl2N2O2S. The molecule has 2 amide bonds. The molecule has 1 fully saturated rings. The van der Waals surface area contributed by atoms with Gasteiger partial charge in [-0.2, -0.15) is 0 Å². The van der Waals surface area contributed by atoms with Gasteiger partial charge >= 0.3 is 0 Å². The number of aryl methyl sites for hydroxylation is 3. The normalized spacial score (nSPS) is 15.3. The summed E-state index contributed by atoms with van der Waals surface area (Å²) < 4.78 is 2.17. The van der Waals surface area contributed by atoms with Crippen LogP contribution in [0, 0.1) is 27.7 Å². The number of halogens is 2. The van der Waals surface area contributed by atoms with E-state index in [2.05, 4.69) is 36.6 Å². The number of hydrogen-bond acceptors (Lipinski definition) is 3. The van der Waals surface area contributed by atoms with Crippen molar-refractivity contribution in [3.63, 3.8) is 0 Å². The van der Waals surface area contributed by atoms with E-state index in [1.807, 2.05) is 19.9 Å². The van der Waals surface area contributed by atoms with Gasteiger partial charge in [0.25, 0.3) is 11.1 Å². The van der Waals surface area contributed by atoms with E-state index in [1.165, 1.54) is 16.0 Å². The van der Waals surface area contributed by atoms with E-state index in [9.17, 15) is 9.59 Å². The van der Waals surface area contributed by atoms with Crippen molar-refractivity contribution in [1.29, 1.82) is 0 Å². The maximum atomic E-state index is 13.0. The summed E-state index contributed by atoms with van der Waals surface area (Å²) in [6.07, 6.45) is 1.79. The second-order valence-corrected chi connectivity index (χ2v) is 9.78. The van der Waals surface area contributed by atoms with Gasteiger partial charge < -0.3 is 4.57 Å². The Labute approximate surface area is 201 Å². The first kappa shape index (κ1) is 22.7. The second kappa shape index (κ2) is 8.81. The second-order valence-electron chi connectivity index (χ2n) is 7.98. The smallest absolute Gasteiger partial charge is 0.293 e. The van der Waals surface area contributed by atoms with Crippen molar-refractivity contribution in [3.8, 4) is 5.69 Å². The molecule has 4 nitrogen and oxygen atoms in total. The number of aromatic nitrogens is 1. The third kappa shape index (κ3) is 4.25. The third-order valence-corrected chi connectivity index (χ3v) is 7.09. The average molecular weight is 485 g/mol. The Hall–Kier alpha value is -2.47.